The van der Waals surface area contributed by atoms with Gasteiger partial charge in [-0.05, 0) is 43.9 Å². The number of aryl methyl sites for hydroxylation is 1. The van der Waals surface area contributed by atoms with E-state index in [0.717, 1.165) is 24.8 Å². The Morgan fingerprint density at radius 2 is 2.29 bits per heavy atom. The lowest BCUT2D eigenvalue weighted by molar-refractivity contribution is -0.0482. The van der Waals surface area contributed by atoms with Crippen LogP contribution in [0.15, 0.2) is 18.3 Å². The molecule has 1 aliphatic carbocycles. The summed E-state index contributed by atoms with van der Waals surface area (Å²) in [5, 5.41) is 17.7. The first-order valence-electron chi connectivity index (χ1n) is 5.03. The molecule has 1 saturated carbocycles. The quantitative estimate of drug-likeness (QED) is 0.726. The maximum atomic E-state index is 9.95. The van der Waals surface area contributed by atoms with Gasteiger partial charge >= 0.3 is 0 Å². The highest BCUT2D eigenvalue weighted by Crippen LogP contribution is 2.32. The largest absolute Gasteiger partial charge is 0.388 e. The minimum absolute atomic E-state index is 0.477. The molecule has 0 saturated heterocycles. The van der Waals surface area contributed by atoms with Crippen LogP contribution >= 0.6 is 0 Å². The van der Waals surface area contributed by atoms with Crippen LogP contribution in [0.2, 0.25) is 0 Å². The molecular formula is C11H16N2O. The molecule has 3 heteroatoms. The first-order chi connectivity index (χ1) is 6.59. The Labute approximate surface area is 83.5 Å². The summed E-state index contributed by atoms with van der Waals surface area (Å²) < 4.78 is 1.81. The number of pyridine rings is 1. The Morgan fingerprint density at radius 3 is 2.79 bits per heavy atom. The molecule has 1 aromatic heterocycles. The molecule has 0 unspecified atom stereocenters. The van der Waals surface area contributed by atoms with Gasteiger partial charge in [-0.2, -0.15) is 0 Å². The van der Waals surface area contributed by atoms with Crippen molar-refractivity contribution in [2.45, 2.75) is 38.3 Å². The van der Waals surface area contributed by atoms with Crippen LogP contribution in [0.4, 0.5) is 0 Å². The number of hydrogen-bond acceptors (Lipinski definition) is 2. The molecule has 0 aromatic carbocycles. The molecule has 76 valence electrons. The van der Waals surface area contributed by atoms with E-state index in [1.165, 1.54) is 0 Å². The highest BCUT2D eigenvalue weighted by atomic mass is 16.3. The highest BCUT2D eigenvalue weighted by Gasteiger charge is 2.34. The molecule has 1 aromatic rings. The van der Waals surface area contributed by atoms with E-state index in [2.05, 4.69) is 0 Å². The topological polar surface area (TPSA) is 49.0 Å². The van der Waals surface area contributed by atoms with Crippen molar-refractivity contribution in [1.82, 2.24) is 4.57 Å². The lowest BCUT2D eigenvalue weighted by Gasteiger charge is -2.37. The van der Waals surface area contributed by atoms with E-state index in [9.17, 15) is 5.11 Å². The molecule has 1 heterocycles. The fourth-order valence-corrected chi connectivity index (χ4v) is 1.83. The first kappa shape index (κ1) is 9.46. The van der Waals surface area contributed by atoms with Crippen molar-refractivity contribution in [1.29, 1.82) is 5.41 Å². The number of nitrogens with one attached hydrogen (secondary N) is 1. The van der Waals surface area contributed by atoms with Crippen LogP contribution in [0.5, 0.6) is 0 Å². The summed E-state index contributed by atoms with van der Waals surface area (Å²) in [7, 11) is 0. The third-order valence-corrected chi connectivity index (χ3v) is 2.94. The van der Waals surface area contributed by atoms with E-state index in [1.807, 2.05) is 29.8 Å². The average Bonchev–Trinajstić information content (AvgIpc) is 2.07. The summed E-state index contributed by atoms with van der Waals surface area (Å²) in [4.78, 5) is 0. The molecule has 0 atom stereocenters. The molecule has 1 aliphatic rings. The third kappa shape index (κ3) is 1.73. The minimum atomic E-state index is -0.546. The standard InChI is InChI=1S/C11H16N2O/c1-9-3-6-13(10(12)7-9)8-11(14)4-2-5-11/h3,6-7,12,14H,2,4-5,8H2,1H3. The van der Waals surface area contributed by atoms with Crippen molar-refractivity contribution in [3.8, 4) is 0 Å². The molecular weight excluding hydrogens is 176 g/mol. The van der Waals surface area contributed by atoms with Gasteiger partial charge in [0.05, 0.1) is 12.1 Å². The van der Waals surface area contributed by atoms with Crippen molar-refractivity contribution in [2.75, 3.05) is 0 Å². The van der Waals surface area contributed by atoms with Crippen molar-refractivity contribution in [2.24, 2.45) is 0 Å². The van der Waals surface area contributed by atoms with Gasteiger partial charge in [-0.25, -0.2) is 0 Å². The van der Waals surface area contributed by atoms with Gasteiger partial charge in [0.1, 0.15) is 5.49 Å². The molecule has 0 amide bonds. The van der Waals surface area contributed by atoms with Crippen LogP contribution in [0, 0.1) is 12.3 Å². The fourth-order valence-electron chi connectivity index (χ4n) is 1.83. The normalized spacial score (nSPS) is 19.0. The van der Waals surface area contributed by atoms with E-state index in [4.69, 9.17) is 5.41 Å². The van der Waals surface area contributed by atoms with E-state index in [1.54, 1.807) is 0 Å². The Morgan fingerprint density at radius 1 is 1.57 bits per heavy atom. The van der Waals surface area contributed by atoms with E-state index in [-0.39, 0.29) is 0 Å². The van der Waals surface area contributed by atoms with Gasteiger partial charge < -0.3 is 9.67 Å². The summed E-state index contributed by atoms with van der Waals surface area (Å²) in [6.45, 7) is 2.53. The maximum absolute atomic E-state index is 9.95. The second-order valence-electron chi connectivity index (χ2n) is 4.30. The van der Waals surface area contributed by atoms with E-state index in [0.29, 0.717) is 12.0 Å². The predicted molar refractivity (Wildman–Crippen MR) is 53.8 cm³/mol. The molecule has 2 N–H and O–H groups in total. The minimum Gasteiger partial charge on any atom is -0.388 e. The van der Waals surface area contributed by atoms with Crippen molar-refractivity contribution in [3.05, 3.63) is 29.4 Å². The van der Waals surface area contributed by atoms with Gasteiger partial charge in [-0.15, -0.1) is 0 Å². The van der Waals surface area contributed by atoms with Gasteiger partial charge in [-0.3, -0.25) is 5.41 Å². The van der Waals surface area contributed by atoms with Crippen LogP contribution < -0.4 is 5.49 Å². The first-order valence-corrected chi connectivity index (χ1v) is 5.03. The molecule has 0 bridgehead atoms. The zero-order chi connectivity index (χ0) is 10.2. The number of hydrogen-bond donors (Lipinski definition) is 2. The van der Waals surface area contributed by atoms with Crippen molar-refractivity contribution >= 4 is 0 Å². The summed E-state index contributed by atoms with van der Waals surface area (Å²) in [5.41, 5.74) is 1.02. The van der Waals surface area contributed by atoms with E-state index < -0.39 is 5.60 Å². The van der Waals surface area contributed by atoms with Crippen LogP contribution in [-0.4, -0.2) is 15.3 Å². The van der Waals surface area contributed by atoms with Gasteiger partial charge in [-0.1, -0.05) is 0 Å². The second kappa shape index (κ2) is 3.24. The smallest absolute Gasteiger partial charge is 0.124 e. The third-order valence-electron chi connectivity index (χ3n) is 2.94. The molecule has 14 heavy (non-hydrogen) atoms. The lowest BCUT2D eigenvalue weighted by atomic mass is 9.80. The number of aromatic nitrogens is 1. The zero-order valence-corrected chi connectivity index (χ0v) is 8.45. The summed E-state index contributed by atoms with van der Waals surface area (Å²) in [6.07, 6.45) is 4.73. The number of nitrogens with zero attached hydrogens (tertiary/aromatic N) is 1. The maximum Gasteiger partial charge on any atom is 0.124 e. The van der Waals surface area contributed by atoms with Gasteiger partial charge in [0.2, 0.25) is 0 Å². The van der Waals surface area contributed by atoms with Crippen molar-refractivity contribution < 1.29 is 5.11 Å². The van der Waals surface area contributed by atoms with Crippen LogP contribution in [0.25, 0.3) is 0 Å². The molecule has 2 rings (SSSR count). The van der Waals surface area contributed by atoms with Crippen LogP contribution in [0.3, 0.4) is 0 Å². The molecule has 0 radical (unpaired) electrons. The number of aliphatic hydroxyl groups is 1. The Kier molecular flexibility index (Phi) is 2.19. The summed E-state index contributed by atoms with van der Waals surface area (Å²) >= 11 is 0. The molecule has 0 aliphatic heterocycles. The summed E-state index contributed by atoms with van der Waals surface area (Å²) in [6, 6.07) is 3.79. The van der Waals surface area contributed by atoms with Gasteiger partial charge in [0, 0.05) is 6.20 Å². The number of rotatable bonds is 2. The highest BCUT2D eigenvalue weighted by molar-refractivity contribution is 5.07. The average molecular weight is 192 g/mol. The monoisotopic (exact) mass is 192 g/mol. The van der Waals surface area contributed by atoms with E-state index >= 15 is 0 Å². The van der Waals surface area contributed by atoms with Crippen LogP contribution in [-0.2, 0) is 6.54 Å². The molecule has 3 nitrogen and oxygen atoms in total. The van der Waals surface area contributed by atoms with Crippen molar-refractivity contribution in [3.63, 3.8) is 0 Å². The molecule has 0 spiro atoms. The fraction of sp³-hybridized carbons (Fsp3) is 0.545. The van der Waals surface area contributed by atoms with Gasteiger partial charge in [0.25, 0.3) is 0 Å². The zero-order valence-electron chi connectivity index (χ0n) is 8.45. The van der Waals surface area contributed by atoms with Crippen LogP contribution in [0.1, 0.15) is 24.8 Å². The summed E-state index contributed by atoms with van der Waals surface area (Å²) in [5.74, 6) is 0. The Hall–Kier alpha value is -1.09. The SMILES string of the molecule is Cc1ccn(CC2(O)CCC2)c(=N)c1. The molecule has 1 fully saturated rings. The predicted octanol–water partition coefficient (Wildman–Crippen LogP) is 1.19. The van der Waals surface area contributed by atoms with Gasteiger partial charge in [0.15, 0.2) is 0 Å². The Bertz CT molecular complexity index is 391. The lowest BCUT2D eigenvalue weighted by Crippen LogP contribution is -2.43. The Balaban J connectivity index is 2.21. The second-order valence-corrected chi connectivity index (χ2v) is 4.30.